The number of hydrogen-bond donors (Lipinski definition) is 0. The van der Waals surface area contributed by atoms with Gasteiger partial charge in [0, 0.05) is 36.8 Å². The highest BCUT2D eigenvalue weighted by Crippen LogP contribution is 2.33. The minimum absolute atomic E-state index is 0.0114. The fourth-order valence-electron chi connectivity index (χ4n) is 3.24. The summed E-state index contributed by atoms with van der Waals surface area (Å²) in [7, 11) is -3.59. The number of hydrogen-bond acceptors (Lipinski definition) is 6. The SMILES string of the molecule is CS(=O)(=O)c1ccc(C(=O)C2C(=O)CCCC2=O)c(Cl)c1COCC1CC1. The van der Waals surface area contributed by atoms with Crippen LogP contribution in [0.25, 0.3) is 0 Å². The maximum absolute atomic E-state index is 12.8. The quantitative estimate of drug-likeness (QED) is 0.504. The van der Waals surface area contributed by atoms with E-state index in [4.69, 9.17) is 16.3 Å². The van der Waals surface area contributed by atoms with Gasteiger partial charge in [-0.25, -0.2) is 8.42 Å². The Hall–Kier alpha value is -1.57. The molecule has 0 bridgehead atoms. The van der Waals surface area contributed by atoms with Crippen LogP contribution in [0.2, 0.25) is 5.02 Å². The molecule has 0 unspecified atom stereocenters. The first-order chi connectivity index (χ1) is 12.7. The summed E-state index contributed by atoms with van der Waals surface area (Å²) >= 11 is 6.37. The standard InChI is InChI=1S/C19H21ClO6S/c1-27(24,25)16-8-7-12(18(20)13(16)10-26-9-11-5-6-11)19(23)17-14(21)3-2-4-15(17)22/h7-8,11,17H,2-6,9-10H2,1H3. The van der Waals surface area contributed by atoms with Crippen molar-refractivity contribution < 1.29 is 27.5 Å². The van der Waals surface area contributed by atoms with Crippen LogP contribution < -0.4 is 0 Å². The van der Waals surface area contributed by atoms with Crippen LogP contribution in [0.1, 0.15) is 48.0 Å². The third-order valence-electron chi connectivity index (χ3n) is 4.91. The Morgan fingerprint density at radius 3 is 2.37 bits per heavy atom. The Morgan fingerprint density at radius 2 is 1.81 bits per heavy atom. The first-order valence-electron chi connectivity index (χ1n) is 8.89. The Kier molecular flexibility index (Phi) is 5.84. The minimum atomic E-state index is -3.59. The third-order valence-corrected chi connectivity index (χ3v) is 6.53. The molecule has 6 nitrogen and oxygen atoms in total. The second kappa shape index (κ2) is 7.81. The van der Waals surface area contributed by atoms with Gasteiger partial charge in [-0.2, -0.15) is 0 Å². The highest BCUT2D eigenvalue weighted by molar-refractivity contribution is 7.90. The molecular formula is C19H21ClO6S. The largest absolute Gasteiger partial charge is 0.376 e. The fraction of sp³-hybridized carbons (Fsp3) is 0.526. The molecule has 0 N–H and O–H groups in total. The molecule has 0 saturated heterocycles. The first-order valence-corrected chi connectivity index (χ1v) is 11.2. The van der Waals surface area contributed by atoms with Gasteiger partial charge in [-0.1, -0.05) is 11.6 Å². The molecule has 1 aromatic carbocycles. The molecule has 146 valence electrons. The van der Waals surface area contributed by atoms with E-state index in [1.54, 1.807) is 0 Å². The Labute approximate surface area is 163 Å². The summed E-state index contributed by atoms with van der Waals surface area (Å²) < 4.78 is 29.8. The molecular weight excluding hydrogens is 392 g/mol. The van der Waals surface area contributed by atoms with Crippen LogP contribution in [-0.2, 0) is 30.8 Å². The third kappa shape index (κ3) is 4.47. The number of ether oxygens (including phenoxy) is 1. The molecule has 0 spiro atoms. The highest BCUT2D eigenvalue weighted by atomic mass is 35.5. The predicted octanol–water partition coefficient (Wildman–Crippen LogP) is 2.79. The summed E-state index contributed by atoms with van der Waals surface area (Å²) in [5, 5.41) is -0.0649. The second-order valence-corrected chi connectivity index (χ2v) is 9.58. The molecule has 0 amide bonds. The van der Waals surface area contributed by atoms with Gasteiger partial charge in [0.2, 0.25) is 0 Å². The molecule has 27 heavy (non-hydrogen) atoms. The van der Waals surface area contributed by atoms with Gasteiger partial charge in [0.25, 0.3) is 0 Å². The van der Waals surface area contributed by atoms with Gasteiger partial charge in [0.15, 0.2) is 27.2 Å². The van der Waals surface area contributed by atoms with Gasteiger partial charge in [0.1, 0.15) is 5.92 Å². The molecule has 0 radical (unpaired) electrons. The topological polar surface area (TPSA) is 94.6 Å². The number of benzene rings is 1. The summed E-state index contributed by atoms with van der Waals surface area (Å²) in [4.78, 5) is 37.0. The summed E-state index contributed by atoms with van der Waals surface area (Å²) in [5.41, 5.74) is 0.184. The molecule has 1 aromatic rings. The van der Waals surface area contributed by atoms with Crippen molar-refractivity contribution in [2.45, 2.75) is 43.6 Å². The number of carbonyl (C=O) groups is 3. The van der Waals surface area contributed by atoms with E-state index in [1.165, 1.54) is 12.1 Å². The van der Waals surface area contributed by atoms with E-state index >= 15 is 0 Å². The number of sulfone groups is 1. The van der Waals surface area contributed by atoms with Crippen LogP contribution in [0.5, 0.6) is 0 Å². The summed E-state index contributed by atoms with van der Waals surface area (Å²) in [6.45, 7) is 0.447. The maximum atomic E-state index is 12.8. The van der Waals surface area contributed by atoms with Gasteiger partial charge in [-0.05, 0) is 37.3 Å². The Bertz CT molecular complexity index is 885. The van der Waals surface area contributed by atoms with E-state index in [1.807, 2.05) is 0 Å². The van der Waals surface area contributed by atoms with Gasteiger partial charge < -0.3 is 4.74 Å². The normalized spacial score (nSPS) is 18.7. The van der Waals surface area contributed by atoms with Crippen LogP contribution >= 0.6 is 11.6 Å². The van der Waals surface area contributed by atoms with E-state index < -0.39 is 33.1 Å². The van der Waals surface area contributed by atoms with E-state index in [0.717, 1.165) is 19.1 Å². The minimum Gasteiger partial charge on any atom is -0.376 e. The van der Waals surface area contributed by atoms with E-state index in [0.29, 0.717) is 18.9 Å². The van der Waals surface area contributed by atoms with Crippen molar-refractivity contribution in [3.8, 4) is 0 Å². The summed E-state index contributed by atoms with van der Waals surface area (Å²) in [6, 6.07) is 2.57. The van der Waals surface area contributed by atoms with E-state index in [-0.39, 0.29) is 40.5 Å². The number of rotatable bonds is 7. The average molecular weight is 413 g/mol. The lowest BCUT2D eigenvalue weighted by atomic mass is 9.81. The predicted molar refractivity (Wildman–Crippen MR) is 98.6 cm³/mol. The average Bonchev–Trinajstić information content (AvgIpc) is 3.39. The van der Waals surface area contributed by atoms with Crippen molar-refractivity contribution in [1.29, 1.82) is 0 Å². The maximum Gasteiger partial charge on any atom is 0.182 e. The fourth-order valence-corrected chi connectivity index (χ4v) is 4.53. The van der Waals surface area contributed by atoms with Gasteiger partial charge in [0.05, 0.1) is 16.5 Å². The van der Waals surface area contributed by atoms with Crippen molar-refractivity contribution >= 4 is 38.8 Å². The molecule has 2 fully saturated rings. The molecule has 0 aromatic heterocycles. The molecule has 2 aliphatic rings. The number of carbonyl (C=O) groups excluding carboxylic acids is 3. The van der Waals surface area contributed by atoms with Crippen LogP contribution in [-0.4, -0.2) is 38.6 Å². The van der Waals surface area contributed by atoms with E-state index in [2.05, 4.69) is 0 Å². The molecule has 2 aliphatic carbocycles. The molecule has 0 heterocycles. The van der Waals surface area contributed by atoms with Crippen molar-refractivity contribution in [2.24, 2.45) is 11.8 Å². The number of halogens is 1. The number of ketones is 3. The lowest BCUT2D eigenvalue weighted by Crippen LogP contribution is -2.35. The van der Waals surface area contributed by atoms with E-state index in [9.17, 15) is 22.8 Å². The lowest BCUT2D eigenvalue weighted by molar-refractivity contribution is -0.133. The smallest absolute Gasteiger partial charge is 0.182 e. The molecule has 0 aliphatic heterocycles. The zero-order chi connectivity index (χ0) is 19.8. The lowest BCUT2D eigenvalue weighted by Gasteiger charge is -2.20. The van der Waals surface area contributed by atoms with Gasteiger partial charge >= 0.3 is 0 Å². The van der Waals surface area contributed by atoms with Crippen molar-refractivity contribution in [1.82, 2.24) is 0 Å². The van der Waals surface area contributed by atoms with Gasteiger partial charge in [-0.3, -0.25) is 14.4 Å². The molecule has 8 heteroatoms. The Balaban J connectivity index is 1.96. The Morgan fingerprint density at radius 1 is 1.19 bits per heavy atom. The molecule has 3 rings (SSSR count). The summed E-state index contributed by atoms with van der Waals surface area (Å²) in [5.74, 6) is -2.36. The molecule has 0 atom stereocenters. The van der Waals surface area contributed by atoms with Crippen molar-refractivity contribution in [2.75, 3.05) is 12.9 Å². The van der Waals surface area contributed by atoms with Crippen molar-refractivity contribution in [3.63, 3.8) is 0 Å². The van der Waals surface area contributed by atoms with Crippen LogP contribution in [0.3, 0.4) is 0 Å². The second-order valence-electron chi connectivity index (χ2n) is 7.22. The number of Topliss-reactive ketones (excluding diaryl/α,β-unsaturated/α-hetero) is 3. The monoisotopic (exact) mass is 412 g/mol. The molecule has 2 saturated carbocycles. The zero-order valence-corrected chi connectivity index (χ0v) is 16.6. The van der Waals surface area contributed by atoms with Crippen LogP contribution in [0.15, 0.2) is 17.0 Å². The van der Waals surface area contributed by atoms with Crippen LogP contribution in [0.4, 0.5) is 0 Å². The first kappa shape index (κ1) is 20.2. The van der Waals surface area contributed by atoms with Gasteiger partial charge in [-0.15, -0.1) is 0 Å². The highest BCUT2D eigenvalue weighted by Gasteiger charge is 2.38. The zero-order valence-electron chi connectivity index (χ0n) is 15.0. The van der Waals surface area contributed by atoms with Crippen LogP contribution in [0, 0.1) is 11.8 Å². The summed E-state index contributed by atoms with van der Waals surface area (Å²) in [6.07, 6.45) is 4.02. The van der Waals surface area contributed by atoms with Crippen molar-refractivity contribution in [3.05, 3.63) is 28.3 Å².